The molecule has 0 radical (unpaired) electrons. The minimum atomic E-state index is -0.403. The van der Waals surface area contributed by atoms with Crippen LogP contribution in [0.25, 0.3) is 0 Å². The molecule has 1 N–H and O–H groups in total. The van der Waals surface area contributed by atoms with Crippen molar-refractivity contribution in [2.45, 2.75) is 30.4 Å². The summed E-state index contributed by atoms with van der Waals surface area (Å²) >= 11 is 1.45. The Hall–Kier alpha value is -2.35. The monoisotopic (exact) mass is 346 g/mol. The number of thioether (sulfide) groups is 1. The van der Waals surface area contributed by atoms with Crippen LogP contribution in [0.3, 0.4) is 0 Å². The molecule has 1 aromatic carbocycles. The number of benzene rings is 1. The number of carbonyl (C=O) groups is 2. The maximum absolute atomic E-state index is 12.2. The Morgan fingerprint density at radius 1 is 1.25 bits per heavy atom. The Bertz CT molecular complexity index is 734. The molecule has 0 aliphatic carbocycles. The largest absolute Gasteiger partial charge is 0.416 e. The number of imide groups is 1. The Labute approximate surface area is 143 Å². The number of amides is 3. The lowest BCUT2D eigenvalue weighted by Gasteiger charge is -2.33. The molecule has 0 saturated carbocycles. The lowest BCUT2D eigenvalue weighted by molar-refractivity contribution is -0.134. The number of hydrogen-bond acceptors (Lipinski definition) is 6. The van der Waals surface area contributed by atoms with Gasteiger partial charge in [0.25, 0.3) is 5.22 Å². The van der Waals surface area contributed by atoms with Crippen LogP contribution in [0.5, 0.6) is 0 Å². The van der Waals surface area contributed by atoms with Crippen LogP contribution in [0.2, 0.25) is 0 Å². The number of nitrogens with zero attached hydrogens (tertiary/aromatic N) is 3. The van der Waals surface area contributed by atoms with Gasteiger partial charge in [0, 0.05) is 25.3 Å². The molecule has 1 aliphatic rings. The van der Waals surface area contributed by atoms with Gasteiger partial charge in [-0.25, -0.2) is 4.79 Å². The van der Waals surface area contributed by atoms with Crippen LogP contribution in [-0.2, 0) is 17.0 Å². The quantitative estimate of drug-likeness (QED) is 0.834. The van der Waals surface area contributed by atoms with Gasteiger partial charge in [-0.2, -0.15) is 0 Å². The molecule has 2 unspecified atom stereocenters. The van der Waals surface area contributed by atoms with Crippen LogP contribution in [-0.4, -0.2) is 40.1 Å². The van der Waals surface area contributed by atoms with Crippen LogP contribution in [0.4, 0.5) is 4.79 Å². The molecule has 2 atom stereocenters. The minimum Gasteiger partial charge on any atom is -0.416 e. The van der Waals surface area contributed by atoms with Gasteiger partial charge < -0.3 is 9.73 Å². The zero-order valence-electron chi connectivity index (χ0n) is 13.4. The number of rotatable bonds is 5. The summed E-state index contributed by atoms with van der Waals surface area (Å²) in [6.45, 7) is 1.80. The fraction of sp³-hybridized carbons (Fsp3) is 0.375. The van der Waals surface area contributed by atoms with Crippen LogP contribution >= 0.6 is 11.8 Å². The maximum atomic E-state index is 12.2. The number of nitrogens with one attached hydrogen (secondary N) is 1. The van der Waals surface area contributed by atoms with E-state index in [-0.39, 0.29) is 18.0 Å². The van der Waals surface area contributed by atoms with Crippen LogP contribution in [0, 0.1) is 5.92 Å². The topological polar surface area (TPSA) is 88.3 Å². The van der Waals surface area contributed by atoms with Crippen LogP contribution in [0.15, 0.2) is 40.0 Å². The summed E-state index contributed by atoms with van der Waals surface area (Å²) in [4.78, 5) is 24.9. The molecular formula is C16H18N4O3S. The van der Waals surface area contributed by atoms with E-state index in [0.29, 0.717) is 17.5 Å². The average Bonchev–Trinajstić information content (AvgIpc) is 3.03. The molecule has 3 rings (SSSR count). The van der Waals surface area contributed by atoms with Gasteiger partial charge in [-0.05, 0) is 12.5 Å². The van der Waals surface area contributed by atoms with Crippen molar-refractivity contribution >= 4 is 23.7 Å². The van der Waals surface area contributed by atoms with Crippen molar-refractivity contribution in [3.8, 4) is 0 Å². The second kappa shape index (κ2) is 7.04. The van der Waals surface area contributed by atoms with Crippen molar-refractivity contribution in [2.24, 2.45) is 5.92 Å². The van der Waals surface area contributed by atoms with E-state index in [9.17, 15) is 9.59 Å². The van der Waals surface area contributed by atoms with Gasteiger partial charge >= 0.3 is 6.03 Å². The van der Waals surface area contributed by atoms with Gasteiger partial charge in [0.05, 0.1) is 5.92 Å². The Balaban J connectivity index is 1.61. The lowest BCUT2D eigenvalue weighted by atomic mass is 9.94. The van der Waals surface area contributed by atoms with E-state index in [4.69, 9.17) is 4.42 Å². The molecule has 8 heteroatoms. The van der Waals surface area contributed by atoms with Crippen molar-refractivity contribution in [2.75, 3.05) is 7.05 Å². The van der Waals surface area contributed by atoms with Gasteiger partial charge in [-0.1, -0.05) is 42.1 Å². The molecule has 3 amide bonds. The molecule has 7 nitrogen and oxygen atoms in total. The molecule has 1 fully saturated rings. The summed E-state index contributed by atoms with van der Waals surface area (Å²) in [5.74, 6) is 0.503. The summed E-state index contributed by atoms with van der Waals surface area (Å²) in [5, 5.41) is 11.3. The Morgan fingerprint density at radius 3 is 2.75 bits per heavy atom. The highest BCUT2D eigenvalue weighted by Crippen LogP contribution is 2.24. The van der Waals surface area contributed by atoms with Gasteiger partial charge in [0.1, 0.15) is 0 Å². The first-order chi connectivity index (χ1) is 11.5. The van der Waals surface area contributed by atoms with Gasteiger partial charge in [-0.15, -0.1) is 10.2 Å². The number of urea groups is 1. The molecular weight excluding hydrogens is 328 g/mol. The van der Waals surface area contributed by atoms with Crippen LogP contribution < -0.4 is 5.32 Å². The third kappa shape index (κ3) is 3.59. The van der Waals surface area contributed by atoms with Crippen molar-refractivity contribution in [1.29, 1.82) is 0 Å². The van der Waals surface area contributed by atoms with Crippen molar-refractivity contribution in [3.05, 3.63) is 41.8 Å². The molecule has 0 bridgehead atoms. The summed E-state index contributed by atoms with van der Waals surface area (Å²) < 4.78 is 5.62. The number of carbonyl (C=O) groups excluding carboxylic acids is 2. The fourth-order valence-corrected chi connectivity index (χ4v) is 3.24. The second-order valence-corrected chi connectivity index (χ2v) is 6.61. The van der Waals surface area contributed by atoms with E-state index in [2.05, 4.69) is 15.5 Å². The van der Waals surface area contributed by atoms with Crippen molar-refractivity contribution < 1.29 is 14.0 Å². The van der Waals surface area contributed by atoms with E-state index >= 15 is 0 Å². The standard InChI is InChI=1S/C16H18N4O3S/c1-10-12(14(21)20(2)15(22)17-10)8-13-18-19-16(23-13)24-9-11-6-4-3-5-7-11/h3-7,10,12H,8-9H2,1-2H3,(H,17,22). The molecule has 2 heterocycles. The number of hydrogen-bond donors (Lipinski definition) is 1. The SMILES string of the molecule is CC1NC(=O)N(C)C(=O)C1Cc1nnc(SCc2ccccc2)o1. The van der Waals surface area contributed by atoms with E-state index in [1.165, 1.54) is 24.4 Å². The summed E-state index contributed by atoms with van der Waals surface area (Å²) in [5.41, 5.74) is 1.17. The first kappa shape index (κ1) is 16.5. The van der Waals surface area contributed by atoms with Crippen molar-refractivity contribution in [3.63, 3.8) is 0 Å². The molecule has 2 aromatic rings. The third-order valence-electron chi connectivity index (χ3n) is 3.96. The highest BCUT2D eigenvalue weighted by Gasteiger charge is 2.37. The molecule has 24 heavy (non-hydrogen) atoms. The highest BCUT2D eigenvalue weighted by molar-refractivity contribution is 7.98. The minimum absolute atomic E-state index is 0.233. The predicted molar refractivity (Wildman–Crippen MR) is 88.3 cm³/mol. The smallest absolute Gasteiger partial charge is 0.324 e. The summed E-state index contributed by atoms with van der Waals surface area (Å²) in [6.07, 6.45) is 0.309. The van der Waals surface area contributed by atoms with Gasteiger partial charge in [-0.3, -0.25) is 9.69 Å². The number of aromatic nitrogens is 2. The fourth-order valence-electron chi connectivity index (χ4n) is 2.51. The zero-order chi connectivity index (χ0) is 17.1. The molecule has 0 spiro atoms. The average molecular weight is 346 g/mol. The zero-order valence-corrected chi connectivity index (χ0v) is 14.2. The lowest BCUT2D eigenvalue weighted by Crippen LogP contribution is -2.58. The maximum Gasteiger partial charge on any atom is 0.324 e. The second-order valence-electron chi connectivity index (χ2n) is 5.68. The predicted octanol–water partition coefficient (Wildman–Crippen LogP) is 2.09. The Kier molecular flexibility index (Phi) is 4.84. The highest BCUT2D eigenvalue weighted by atomic mass is 32.2. The van der Waals surface area contributed by atoms with E-state index < -0.39 is 5.92 Å². The molecule has 1 saturated heterocycles. The normalized spacial score (nSPS) is 21.0. The first-order valence-electron chi connectivity index (χ1n) is 7.62. The van der Waals surface area contributed by atoms with E-state index in [1.807, 2.05) is 30.3 Å². The van der Waals surface area contributed by atoms with Gasteiger partial charge in [0.2, 0.25) is 11.8 Å². The summed E-state index contributed by atoms with van der Waals surface area (Å²) in [7, 11) is 1.46. The van der Waals surface area contributed by atoms with Crippen LogP contribution in [0.1, 0.15) is 18.4 Å². The van der Waals surface area contributed by atoms with Crippen molar-refractivity contribution in [1.82, 2.24) is 20.4 Å². The first-order valence-corrected chi connectivity index (χ1v) is 8.60. The molecule has 1 aliphatic heterocycles. The molecule has 1 aromatic heterocycles. The third-order valence-corrected chi connectivity index (χ3v) is 4.84. The van der Waals surface area contributed by atoms with E-state index in [1.54, 1.807) is 6.92 Å². The van der Waals surface area contributed by atoms with E-state index in [0.717, 1.165) is 10.7 Å². The van der Waals surface area contributed by atoms with Gasteiger partial charge in [0.15, 0.2) is 0 Å². The Morgan fingerprint density at radius 2 is 2.00 bits per heavy atom. The summed E-state index contributed by atoms with van der Waals surface area (Å²) in [6, 6.07) is 9.35. The molecule has 126 valence electrons.